The third kappa shape index (κ3) is 6.01. The van der Waals surface area contributed by atoms with Crippen LogP contribution in [-0.4, -0.2) is 61.7 Å². The molecular formula is C25H32F3N3. The maximum atomic E-state index is 13.0. The van der Waals surface area contributed by atoms with Gasteiger partial charge in [0.05, 0.1) is 5.56 Å². The molecule has 0 saturated carbocycles. The molecule has 31 heavy (non-hydrogen) atoms. The van der Waals surface area contributed by atoms with E-state index in [1.165, 1.54) is 43.5 Å². The Morgan fingerprint density at radius 3 is 2.39 bits per heavy atom. The summed E-state index contributed by atoms with van der Waals surface area (Å²) in [5.41, 5.74) is 1.52. The van der Waals surface area contributed by atoms with Crippen molar-refractivity contribution in [1.29, 1.82) is 0 Å². The molecule has 4 rings (SSSR count). The van der Waals surface area contributed by atoms with Crippen LogP contribution in [0.4, 0.5) is 18.9 Å². The van der Waals surface area contributed by atoms with Crippen LogP contribution >= 0.6 is 0 Å². The van der Waals surface area contributed by atoms with Gasteiger partial charge in [0.25, 0.3) is 0 Å². The predicted molar refractivity (Wildman–Crippen MR) is 119 cm³/mol. The topological polar surface area (TPSA) is 9.72 Å². The number of benzene rings is 2. The zero-order valence-corrected chi connectivity index (χ0v) is 18.0. The summed E-state index contributed by atoms with van der Waals surface area (Å²) in [5, 5.41) is 0. The Balaban J connectivity index is 1.25. The number of rotatable bonds is 6. The SMILES string of the molecule is FC(F)(F)c1cccc(N2CCN(C3CCCN(CCCc4ccccc4)C3)CC2)c1. The number of halogens is 3. The molecule has 3 nitrogen and oxygen atoms in total. The third-order valence-corrected chi connectivity index (χ3v) is 6.63. The molecule has 0 amide bonds. The van der Waals surface area contributed by atoms with E-state index in [2.05, 4.69) is 45.0 Å². The molecule has 0 bridgehead atoms. The van der Waals surface area contributed by atoms with Gasteiger partial charge < -0.3 is 9.80 Å². The van der Waals surface area contributed by atoms with Crippen LogP contribution in [-0.2, 0) is 12.6 Å². The minimum absolute atomic E-state index is 0.564. The molecule has 0 aliphatic carbocycles. The van der Waals surface area contributed by atoms with Crippen molar-refractivity contribution in [3.8, 4) is 0 Å². The molecule has 2 aliphatic heterocycles. The Bertz CT molecular complexity index is 816. The average Bonchev–Trinajstić information content (AvgIpc) is 2.80. The number of piperazine rings is 1. The van der Waals surface area contributed by atoms with Crippen molar-refractivity contribution in [1.82, 2.24) is 9.80 Å². The normalized spacial score (nSPS) is 21.4. The van der Waals surface area contributed by atoms with E-state index in [9.17, 15) is 13.2 Å². The minimum atomic E-state index is -4.29. The molecule has 2 aromatic rings. The highest BCUT2D eigenvalue weighted by molar-refractivity contribution is 5.49. The Labute approximate surface area is 183 Å². The van der Waals surface area contributed by atoms with E-state index in [4.69, 9.17) is 0 Å². The van der Waals surface area contributed by atoms with Gasteiger partial charge in [-0.05, 0) is 62.5 Å². The van der Waals surface area contributed by atoms with Crippen molar-refractivity contribution in [3.63, 3.8) is 0 Å². The fourth-order valence-electron chi connectivity index (χ4n) is 4.91. The second-order valence-corrected chi connectivity index (χ2v) is 8.76. The molecular weight excluding hydrogens is 399 g/mol. The van der Waals surface area contributed by atoms with Crippen LogP contribution in [0, 0.1) is 0 Å². The summed E-state index contributed by atoms with van der Waals surface area (Å²) in [6.07, 6.45) is 0.463. The van der Waals surface area contributed by atoms with Crippen LogP contribution in [0.3, 0.4) is 0 Å². The number of alkyl halides is 3. The van der Waals surface area contributed by atoms with Crippen LogP contribution < -0.4 is 4.90 Å². The molecule has 1 unspecified atom stereocenters. The lowest BCUT2D eigenvalue weighted by atomic mass is 10.0. The number of likely N-dealkylation sites (tertiary alicyclic amines) is 1. The fourth-order valence-corrected chi connectivity index (χ4v) is 4.91. The van der Waals surface area contributed by atoms with E-state index in [0.29, 0.717) is 11.7 Å². The number of nitrogens with zero attached hydrogens (tertiary/aromatic N) is 3. The van der Waals surface area contributed by atoms with E-state index in [0.717, 1.165) is 51.8 Å². The summed E-state index contributed by atoms with van der Waals surface area (Å²) in [6.45, 7) is 6.82. The first-order chi connectivity index (χ1) is 15.0. The molecule has 6 heteroatoms. The summed E-state index contributed by atoms with van der Waals surface area (Å²) >= 11 is 0. The van der Waals surface area contributed by atoms with Gasteiger partial charge in [-0.1, -0.05) is 36.4 Å². The fraction of sp³-hybridized carbons (Fsp3) is 0.520. The van der Waals surface area contributed by atoms with Crippen LogP contribution in [0.15, 0.2) is 54.6 Å². The maximum absolute atomic E-state index is 13.0. The van der Waals surface area contributed by atoms with Gasteiger partial charge in [0.2, 0.25) is 0 Å². The van der Waals surface area contributed by atoms with E-state index in [-0.39, 0.29) is 0 Å². The van der Waals surface area contributed by atoms with Crippen molar-refractivity contribution in [2.45, 2.75) is 37.9 Å². The summed E-state index contributed by atoms with van der Waals surface area (Å²) in [7, 11) is 0. The lowest BCUT2D eigenvalue weighted by Crippen LogP contribution is -2.55. The van der Waals surface area contributed by atoms with Crippen LogP contribution in [0.5, 0.6) is 0 Å². The van der Waals surface area contributed by atoms with Crippen molar-refractivity contribution in [3.05, 3.63) is 65.7 Å². The van der Waals surface area contributed by atoms with Gasteiger partial charge in [0.15, 0.2) is 0 Å². The Morgan fingerprint density at radius 1 is 0.871 bits per heavy atom. The summed E-state index contributed by atoms with van der Waals surface area (Å²) in [6, 6.07) is 17.0. The Kier molecular flexibility index (Phi) is 7.18. The van der Waals surface area contributed by atoms with Gasteiger partial charge in [-0.15, -0.1) is 0 Å². The van der Waals surface area contributed by atoms with Crippen molar-refractivity contribution < 1.29 is 13.2 Å². The largest absolute Gasteiger partial charge is 0.416 e. The first kappa shape index (κ1) is 22.2. The monoisotopic (exact) mass is 431 g/mol. The van der Waals surface area contributed by atoms with Crippen molar-refractivity contribution >= 4 is 5.69 Å². The summed E-state index contributed by atoms with van der Waals surface area (Å²) in [4.78, 5) is 7.23. The van der Waals surface area contributed by atoms with E-state index in [1.54, 1.807) is 6.07 Å². The molecule has 1 atom stereocenters. The third-order valence-electron chi connectivity index (χ3n) is 6.63. The molecule has 0 spiro atoms. The predicted octanol–water partition coefficient (Wildman–Crippen LogP) is 4.92. The second kappa shape index (κ2) is 10.0. The smallest absolute Gasteiger partial charge is 0.369 e. The molecule has 0 aromatic heterocycles. The maximum Gasteiger partial charge on any atom is 0.416 e. The standard InChI is InChI=1S/C25H32F3N3/c26-25(27,28)22-10-4-11-23(19-22)30-15-17-31(18-16-30)24-12-6-14-29(20-24)13-5-9-21-7-2-1-3-8-21/h1-4,7-8,10-11,19,24H,5-6,9,12-18,20H2. The van der Waals surface area contributed by atoms with Crippen LogP contribution in [0.1, 0.15) is 30.4 Å². The van der Waals surface area contributed by atoms with E-state index in [1.807, 2.05) is 0 Å². The molecule has 2 aromatic carbocycles. The van der Waals surface area contributed by atoms with Gasteiger partial charge in [-0.2, -0.15) is 13.2 Å². The molecule has 2 fully saturated rings. The molecule has 2 aliphatic rings. The zero-order chi connectivity index (χ0) is 21.7. The Morgan fingerprint density at radius 2 is 1.65 bits per heavy atom. The highest BCUT2D eigenvalue weighted by Crippen LogP contribution is 2.32. The number of hydrogen-bond donors (Lipinski definition) is 0. The molecule has 0 radical (unpaired) electrons. The summed E-state index contributed by atoms with van der Waals surface area (Å²) < 4.78 is 39.1. The van der Waals surface area contributed by atoms with Gasteiger partial charge in [-0.3, -0.25) is 4.90 Å². The van der Waals surface area contributed by atoms with Gasteiger partial charge in [-0.25, -0.2) is 0 Å². The molecule has 168 valence electrons. The zero-order valence-electron chi connectivity index (χ0n) is 18.0. The quantitative estimate of drug-likeness (QED) is 0.643. The average molecular weight is 432 g/mol. The van der Waals surface area contributed by atoms with Gasteiger partial charge >= 0.3 is 6.18 Å². The van der Waals surface area contributed by atoms with Crippen molar-refractivity contribution in [2.24, 2.45) is 0 Å². The molecule has 0 N–H and O–H groups in total. The second-order valence-electron chi connectivity index (χ2n) is 8.76. The Hall–Kier alpha value is -2.05. The number of piperidine rings is 1. The number of hydrogen-bond acceptors (Lipinski definition) is 3. The first-order valence-corrected chi connectivity index (χ1v) is 11.4. The van der Waals surface area contributed by atoms with E-state index >= 15 is 0 Å². The highest BCUT2D eigenvalue weighted by atomic mass is 19.4. The van der Waals surface area contributed by atoms with Crippen LogP contribution in [0.2, 0.25) is 0 Å². The lowest BCUT2D eigenvalue weighted by molar-refractivity contribution is -0.137. The molecule has 2 heterocycles. The number of aryl methyl sites for hydroxylation is 1. The lowest BCUT2D eigenvalue weighted by Gasteiger charge is -2.44. The highest BCUT2D eigenvalue weighted by Gasteiger charge is 2.32. The minimum Gasteiger partial charge on any atom is -0.369 e. The van der Waals surface area contributed by atoms with Gasteiger partial charge in [0.1, 0.15) is 0 Å². The van der Waals surface area contributed by atoms with Crippen molar-refractivity contribution in [2.75, 3.05) is 50.7 Å². The first-order valence-electron chi connectivity index (χ1n) is 11.4. The molecule has 2 saturated heterocycles. The van der Waals surface area contributed by atoms with E-state index < -0.39 is 11.7 Å². The van der Waals surface area contributed by atoms with Gasteiger partial charge in [0, 0.05) is 44.5 Å². The number of anilines is 1. The van der Waals surface area contributed by atoms with Crippen LogP contribution in [0.25, 0.3) is 0 Å². The summed E-state index contributed by atoms with van der Waals surface area (Å²) in [5.74, 6) is 0.